The molecule has 206 valence electrons. The second kappa shape index (κ2) is 10.6. The number of ether oxygens (including phenoxy) is 1. The first-order valence-corrected chi connectivity index (χ1v) is 13.0. The van der Waals surface area contributed by atoms with Crippen molar-refractivity contribution in [2.75, 3.05) is 32.4 Å². The molecule has 1 amide bonds. The number of aliphatic hydroxyl groups is 3. The molecule has 38 heavy (non-hydrogen) atoms. The number of anilines is 1. The summed E-state index contributed by atoms with van der Waals surface area (Å²) in [6, 6.07) is 1.78. The van der Waals surface area contributed by atoms with E-state index in [9.17, 15) is 20.1 Å². The van der Waals surface area contributed by atoms with E-state index in [2.05, 4.69) is 20.0 Å². The highest BCUT2D eigenvalue weighted by atomic mass is 16.6. The highest BCUT2D eigenvalue weighted by Crippen LogP contribution is 2.38. The lowest BCUT2D eigenvalue weighted by atomic mass is 10.0. The van der Waals surface area contributed by atoms with Crippen molar-refractivity contribution >= 4 is 22.8 Å². The topological polar surface area (TPSA) is 168 Å². The number of nitrogen functional groups attached to an aromatic ring is 1. The van der Waals surface area contributed by atoms with Gasteiger partial charge >= 0.3 is 0 Å². The van der Waals surface area contributed by atoms with E-state index in [1.807, 2.05) is 13.1 Å². The van der Waals surface area contributed by atoms with E-state index < -0.39 is 36.6 Å². The fourth-order valence-corrected chi connectivity index (χ4v) is 5.42. The maximum atomic E-state index is 13.8. The summed E-state index contributed by atoms with van der Waals surface area (Å²) in [4.78, 5) is 26.2. The predicted octanol–water partition coefficient (Wildman–Crippen LogP) is -0.273. The van der Waals surface area contributed by atoms with Crippen LogP contribution in [0.5, 0.6) is 0 Å². The Morgan fingerprint density at radius 3 is 2.63 bits per heavy atom. The van der Waals surface area contributed by atoms with Crippen LogP contribution in [-0.4, -0.2) is 112 Å². The summed E-state index contributed by atoms with van der Waals surface area (Å²) in [6.45, 7) is 3.70. The summed E-state index contributed by atoms with van der Waals surface area (Å²) in [5.41, 5.74) is 7.87. The average Bonchev–Trinajstić information content (AvgIpc) is 3.56. The Hall–Kier alpha value is -3.10. The molecule has 13 heteroatoms. The number of rotatable bonds is 7. The molecular weight excluding hydrogens is 492 g/mol. The van der Waals surface area contributed by atoms with Gasteiger partial charge in [-0.2, -0.15) is 5.10 Å². The van der Waals surface area contributed by atoms with Gasteiger partial charge in [-0.25, -0.2) is 9.97 Å². The van der Waals surface area contributed by atoms with Crippen molar-refractivity contribution in [1.29, 1.82) is 0 Å². The third-order valence-corrected chi connectivity index (χ3v) is 7.58. The minimum atomic E-state index is -1.46. The number of hydrogen-bond acceptors (Lipinski definition) is 10. The lowest BCUT2D eigenvalue weighted by molar-refractivity contribution is -0.152. The predicted molar refractivity (Wildman–Crippen MR) is 139 cm³/mol. The van der Waals surface area contributed by atoms with Crippen molar-refractivity contribution in [3.63, 3.8) is 0 Å². The van der Waals surface area contributed by atoms with Crippen LogP contribution in [0.15, 0.2) is 24.8 Å². The molecule has 5 atom stereocenters. The molecule has 3 aromatic rings. The average molecular weight is 529 g/mol. The number of aliphatic hydroxyl groups excluding tert-OH is 3. The third-order valence-electron chi connectivity index (χ3n) is 7.58. The fraction of sp³-hybridized carbons (Fsp3) is 0.600. The van der Waals surface area contributed by atoms with Gasteiger partial charge in [0.2, 0.25) is 0 Å². The first kappa shape index (κ1) is 26.5. The first-order valence-electron chi connectivity index (χ1n) is 13.0. The van der Waals surface area contributed by atoms with Gasteiger partial charge in [0, 0.05) is 37.6 Å². The van der Waals surface area contributed by atoms with Crippen LogP contribution in [0, 0.1) is 0 Å². The van der Waals surface area contributed by atoms with Gasteiger partial charge in [0.1, 0.15) is 30.0 Å². The molecule has 0 spiro atoms. The van der Waals surface area contributed by atoms with Crippen molar-refractivity contribution in [2.45, 2.75) is 62.9 Å². The van der Waals surface area contributed by atoms with Crippen LogP contribution in [0.25, 0.3) is 22.3 Å². The molecule has 5 heterocycles. The summed E-state index contributed by atoms with van der Waals surface area (Å²) in [5.74, 6) is -0.161. The SMILES string of the molecule is CC(O)CCN(C(=O)[C@H]1O[C@@H](n2cc(-c3ccn(C)n3)c3c(N)ncnc32)[C@H](O)[C@@H]1O)C1CCN(C)CC1. The molecule has 2 saturated heterocycles. The van der Waals surface area contributed by atoms with Crippen molar-refractivity contribution in [3.05, 3.63) is 24.8 Å². The zero-order valence-corrected chi connectivity index (χ0v) is 21.9. The second-order valence-corrected chi connectivity index (χ2v) is 10.4. The van der Waals surface area contributed by atoms with Crippen molar-refractivity contribution < 1.29 is 24.9 Å². The Kier molecular flexibility index (Phi) is 7.38. The largest absolute Gasteiger partial charge is 0.393 e. The van der Waals surface area contributed by atoms with E-state index in [0.29, 0.717) is 35.3 Å². The standard InChI is InChI=1S/C25H36N8O5/c1-14(34)4-11-32(15-5-8-30(2)9-6-15)24(37)21-19(35)20(36)25(38-21)33-12-16(17-7-10-31(3)29-17)18-22(26)27-13-28-23(18)33/h7,10,12-15,19-21,25,34-36H,4-6,8-9,11H2,1-3H3,(H2,26,27,28)/t14?,19-,20+,21-,25+/m0/s1. The number of piperidine rings is 1. The summed E-state index contributed by atoms with van der Waals surface area (Å²) in [5, 5.41) is 37.0. The minimum absolute atomic E-state index is 0.0415. The number of likely N-dealkylation sites (tertiary alicyclic amines) is 1. The molecule has 3 aromatic heterocycles. The Bertz CT molecular complexity index is 1280. The van der Waals surface area contributed by atoms with Crippen LogP contribution in [0.3, 0.4) is 0 Å². The highest BCUT2D eigenvalue weighted by Gasteiger charge is 2.49. The van der Waals surface area contributed by atoms with Crippen molar-refractivity contribution in [3.8, 4) is 11.3 Å². The van der Waals surface area contributed by atoms with E-state index in [0.717, 1.165) is 25.9 Å². The number of nitrogens with two attached hydrogens (primary N) is 1. The Balaban J connectivity index is 1.46. The van der Waals surface area contributed by atoms with Gasteiger partial charge in [-0.3, -0.25) is 9.48 Å². The molecular formula is C25H36N8O5. The van der Waals surface area contributed by atoms with Crippen LogP contribution in [0.1, 0.15) is 32.4 Å². The second-order valence-electron chi connectivity index (χ2n) is 10.4. The van der Waals surface area contributed by atoms with Crippen molar-refractivity contribution in [2.24, 2.45) is 7.05 Å². The van der Waals surface area contributed by atoms with Crippen LogP contribution < -0.4 is 5.73 Å². The number of aryl methyl sites for hydroxylation is 1. The van der Waals surface area contributed by atoms with Gasteiger partial charge in [0.15, 0.2) is 12.3 Å². The lowest BCUT2D eigenvalue weighted by Gasteiger charge is -2.39. The molecule has 0 saturated carbocycles. The lowest BCUT2D eigenvalue weighted by Crippen LogP contribution is -2.52. The third kappa shape index (κ3) is 4.87. The number of nitrogens with zero attached hydrogens (tertiary/aromatic N) is 7. The number of carbonyl (C=O) groups is 1. The molecule has 5 rings (SSSR count). The molecule has 0 aliphatic carbocycles. The molecule has 1 unspecified atom stereocenters. The monoisotopic (exact) mass is 528 g/mol. The van der Waals surface area contributed by atoms with Gasteiger partial charge in [0.25, 0.3) is 5.91 Å². The van der Waals surface area contributed by atoms with Crippen LogP contribution in [0.4, 0.5) is 5.82 Å². The summed E-state index contributed by atoms with van der Waals surface area (Å²) >= 11 is 0. The highest BCUT2D eigenvalue weighted by molar-refractivity contribution is 5.99. The van der Waals surface area contributed by atoms with E-state index in [4.69, 9.17) is 10.5 Å². The van der Waals surface area contributed by atoms with Crippen LogP contribution in [-0.2, 0) is 16.6 Å². The Morgan fingerprint density at radius 1 is 1.24 bits per heavy atom. The normalized spacial score (nSPS) is 25.7. The van der Waals surface area contributed by atoms with E-state index in [-0.39, 0.29) is 11.9 Å². The molecule has 0 aromatic carbocycles. The Morgan fingerprint density at radius 2 is 1.97 bits per heavy atom. The Labute approximate surface area is 220 Å². The maximum Gasteiger partial charge on any atom is 0.254 e. The van der Waals surface area contributed by atoms with Crippen molar-refractivity contribution in [1.82, 2.24) is 34.1 Å². The number of aromatic nitrogens is 5. The molecule has 13 nitrogen and oxygen atoms in total. The van der Waals surface area contributed by atoms with Crippen LogP contribution >= 0.6 is 0 Å². The molecule has 5 N–H and O–H groups in total. The first-order chi connectivity index (χ1) is 18.2. The quantitative estimate of drug-likeness (QED) is 0.320. The van der Waals surface area contributed by atoms with Gasteiger partial charge in [-0.05, 0) is 52.4 Å². The van der Waals surface area contributed by atoms with Gasteiger partial charge < -0.3 is 40.2 Å². The maximum absolute atomic E-state index is 13.8. The zero-order chi connectivity index (χ0) is 27.1. The fourth-order valence-electron chi connectivity index (χ4n) is 5.42. The number of carbonyl (C=O) groups excluding carboxylic acids is 1. The van der Waals surface area contributed by atoms with Gasteiger partial charge in [-0.1, -0.05) is 0 Å². The van der Waals surface area contributed by atoms with Crippen LogP contribution in [0.2, 0.25) is 0 Å². The number of fused-ring (bicyclic) bond motifs is 1. The number of amides is 1. The minimum Gasteiger partial charge on any atom is -0.393 e. The summed E-state index contributed by atoms with van der Waals surface area (Å²) < 4.78 is 9.34. The molecule has 2 aliphatic rings. The number of hydrogen-bond donors (Lipinski definition) is 4. The zero-order valence-electron chi connectivity index (χ0n) is 21.9. The molecule has 2 fully saturated rings. The summed E-state index contributed by atoms with van der Waals surface area (Å²) in [7, 11) is 3.84. The van der Waals surface area contributed by atoms with E-state index >= 15 is 0 Å². The van der Waals surface area contributed by atoms with Gasteiger partial charge in [0.05, 0.1) is 17.2 Å². The molecule has 0 radical (unpaired) electrons. The van der Waals surface area contributed by atoms with E-state index in [1.165, 1.54) is 6.33 Å². The summed E-state index contributed by atoms with van der Waals surface area (Å²) in [6.07, 6.45) is 0.967. The molecule has 0 bridgehead atoms. The molecule has 2 aliphatic heterocycles. The van der Waals surface area contributed by atoms with E-state index in [1.54, 1.807) is 40.5 Å². The smallest absolute Gasteiger partial charge is 0.254 e. The van der Waals surface area contributed by atoms with Gasteiger partial charge in [-0.15, -0.1) is 0 Å².